The number of methoxy groups -OCH3 is 1. The third-order valence-corrected chi connectivity index (χ3v) is 3.23. The van der Waals surface area contributed by atoms with Gasteiger partial charge in [0, 0.05) is 18.6 Å². The number of allylic oxidation sites excluding steroid dienone is 2. The highest BCUT2D eigenvalue weighted by atomic mass is 16.5. The molecule has 0 saturated carbocycles. The van der Waals surface area contributed by atoms with E-state index in [1.165, 1.54) is 5.56 Å². The van der Waals surface area contributed by atoms with Crippen molar-refractivity contribution in [2.45, 2.75) is 25.7 Å². The summed E-state index contributed by atoms with van der Waals surface area (Å²) in [4.78, 5) is 12.1. The predicted molar refractivity (Wildman–Crippen MR) is 70.6 cm³/mol. The van der Waals surface area contributed by atoms with Crippen LogP contribution in [0.5, 0.6) is 5.75 Å². The first-order valence-corrected chi connectivity index (χ1v) is 6.27. The molecule has 0 fully saturated rings. The first-order valence-electron chi connectivity index (χ1n) is 6.27. The summed E-state index contributed by atoms with van der Waals surface area (Å²) in [5.74, 6) is 0.952. The third kappa shape index (κ3) is 2.62. The lowest BCUT2D eigenvalue weighted by atomic mass is 9.87. The average Bonchev–Trinajstić information content (AvgIpc) is 2.43. The van der Waals surface area contributed by atoms with Gasteiger partial charge in [-0.05, 0) is 42.5 Å². The third-order valence-electron chi connectivity index (χ3n) is 3.23. The molecule has 0 radical (unpaired) electrons. The van der Waals surface area contributed by atoms with Gasteiger partial charge in [-0.1, -0.05) is 12.1 Å². The van der Waals surface area contributed by atoms with E-state index in [1.807, 2.05) is 24.3 Å². The zero-order chi connectivity index (χ0) is 13.0. The molecular weight excluding hydrogens is 228 g/mol. The van der Waals surface area contributed by atoms with Crippen molar-refractivity contribution in [3.05, 3.63) is 35.4 Å². The molecule has 0 unspecified atom stereocenters. The zero-order valence-electron chi connectivity index (χ0n) is 10.6. The summed E-state index contributed by atoms with van der Waals surface area (Å²) >= 11 is 0. The molecule has 18 heavy (non-hydrogen) atoms. The Morgan fingerprint density at radius 3 is 3.00 bits per heavy atom. The molecule has 1 aliphatic carbocycles. The van der Waals surface area contributed by atoms with Gasteiger partial charge in [0.25, 0.3) is 0 Å². The molecule has 0 spiro atoms. The van der Waals surface area contributed by atoms with Crippen molar-refractivity contribution in [3.63, 3.8) is 0 Å². The molecule has 1 aromatic rings. The fourth-order valence-electron chi connectivity index (χ4n) is 2.29. The van der Waals surface area contributed by atoms with Gasteiger partial charge in [-0.15, -0.1) is 0 Å². The fraction of sp³-hybridized carbons (Fsp3) is 0.400. The summed E-state index contributed by atoms with van der Waals surface area (Å²) in [7, 11) is 1.65. The van der Waals surface area contributed by atoms with Crippen LogP contribution in [0.3, 0.4) is 0 Å². The number of rotatable bonds is 5. The first kappa shape index (κ1) is 12.8. The number of ether oxygens (including phenoxy) is 1. The summed E-state index contributed by atoms with van der Waals surface area (Å²) < 4.78 is 5.20. The molecule has 0 saturated heterocycles. The van der Waals surface area contributed by atoms with Gasteiger partial charge in [0.05, 0.1) is 7.11 Å². The van der Waals surface area contributed by atoms with Gasteiger partial charge in [-0.2, -0.15) is 0 Å². The quantitative estimate of drug-likeness (QED) is 0.867. The Balaban J connectivity index is 2.25. The van der Waals surface area contributed by atoms with Crippen LogP contribution in [-0.2, 0) is 11.2 Å². The van der Waals surface area contributed by atoms with Crippen molar-refractivity contribution < 1.29 is 14.6 Å². The molecule has 0 bridgehead atoms. The van der Waals surface area contributed by atoms with Crippen LogP contribution in [0.15, 0.2) is 24.3 Å². The standard InChI is InChI=1S/C15H18O3/c1-18-12-7-8-13-11(10-12)4-2-5-14(13)15(17)6-3-9-16/h5,7-8,10,16H,2-4,6,9H2,1H3. The number of hydrogen-bond acceptors (Lipinski definition) is 3. The molecule has 0 aliphatic heterocycles. The molecular formula is C15H18O3. The van der Waals surface area contributed by atoms with Crippen molar-refractivity contribution in [2.24, 2.45) is 0 Å². The van der Waals surface area contributed by atoms with Crippen LogP contribution >= 0.6 is 0 Å². The van der Waals surface area contributed by atoms with E-state index >= 15 is 0 Å². The number of Topliss-reactive ketones (excluding diaryl/α,β-unsaturated/α-hetero) is 1. The summed E-state index contributed by atoms with van der Waals surface area (Å²) in [6, 6.07) is 5.84. The summed E-state index contributed by atoms with van der Waals surface area (Å²) in [5, 5.41) is 8.79. The van der Waals surface area contributed by atoms with Crippen LogP contribution in [0.1, 0.15) is 30.4 Å². The summed E-state index contributed by atoms with van der Waals surface area (Å²) in [6.45, 7) is 0.0640. The minimum absolute atomic E-state index is 0.0640. The van der Waals surface area contributed by atoms with E-state index in [4.69, 9.17) is 9.84 Å². The van der Waals surface area contributed by atoms with Crippen LogP contribution in [0.4, 0.5) is 0 Å². The summed E-state index contributed by atoms with van der Waals surface area (Å²) in [6.07, 6.45) is 4.79. The van der Waals surface area contributed by atoms with Gasteiger partial charge in [-0.3, -0.25) is 4.79 Å². The SMILES string of the molecule is COc1ccc2c(c1)CCC=C2C(=O)CCCO. The molecule has 2 rings (SSSR count). The maximum absolute atomic E-state index is 12.1. The minimum Gasteiger partial charge on any atom is -0.497 e. The Morgan fingerprint density at radius 1 is 1.44 bits per heavy atom. The minimum atomic E-state index is 0.0640. The topological polar surface area (TPSA) is 46.5 Å². The number of fused-ring (bicyclic) bond motifs is 1. The molecule has 0 heterocycles. The molecule has 3 heteroatoms. The van der Waals surface area contributed by atoms with Crippen LogP contribution in [0.2, 0.25) is 0 Å². The molecule has 96 valence electrons. The monoisotopic (exact) mass is 246 g/mol. The molecule has 1 aromatic carbocycles. The molecule has 0 aromatic heterocycles. The number of carbonyl (C=O) groups is 1. The van der Waals surface area contributed by atoms with E-state index in [9.17, 15) is 4.79 Å². The second-order valence-electron chi connectivity index (χ2n) is 4.43. The van der Waals surface area contributed by atoms with Crippen molar-refractivity contribution in [1.82, 2.24) is 0 Å². The lowest BCUT2D eigenvalue weighted by Crippen LogP contribution is -2.09. The second kappa shape index (κ2) is 5.83. The van der Waals surface area contributed by atoms with Gasteiger partial charge in [-0.25, -0.2) is 0 Å². The number of ketones is 1. The van der Waals surface area contributed by atoms with E-state index in [2.05, 4.69) is 0 Å². The number of benzene rings is 1. The van der Waals surface area contributed by atoms with Gasteiger partial charge in [0.15, 0.2) is 5.78 Å². The normalized spacial score (nSPS) is 13.8. The van der Waals surface area contributed by atoms with Crippen molar-refractivity contribution >= 4 is 11.4 Å². The van der Waals surface area contributed by atoms with Crippen LogP contribution in [0, 0.1) is 0 Å². The zero-order valence-corrected chi connectivity index (χ0v) is 10.6. The second-order valence-corrected chi connectivity index (χ2v) is 4.43. The van der Waals surface area contributed by atoms with E-state index in [0.717, 1.165) is 29.7 Å². The highest BCUT2D eigenvalue weighted by Gasteiger charge is 2.18. The number of aliphatic hydroxyl groups excluding tert-OH is 1. The van der Waals surface area contributed by atoms with Crippen LogP contribution < -0.4 is 4.74 Å². The predicted octanol–water partition coefficient (Wildman–Crippen LogP) is 2.37. The number of hydrogen-bond donors (Lipinski definition) is 1. The van der Waals surface area contributed by atoms with E-state index in [0.29, 0.717) is 12.8 Å². The van der Waals surface area contributed by atoms with E-state index in [-0.39, 0.29) is 12.4 Å². The lowest BCUT2D eigenvalue weighted by Gasteiger charge is -2.17. The summed E-state index contributed by atoms with van der Waals surface area (Å²) in [5.41, 5.74) is 2.99. The van der Waals surface area contributed by atoms with Gasteiger partial charge < -0.3 is 9.84 Å². The lowest BCUT2D eigenvalue weighted by molar-refractivity contribution is -0.114. The van der Waals surface area contributed by atoms with Gasteiger partial charge in [0.1, 0.15) is 5.75 Å². The Morgan fingerprint density at radius 2 is 2.28 bits per heavy atom. The van der Waals surface area contributed by atoms with Crippen molar-refractivity contribution in [3.8, 4) is 5.75 Å². The van der Waals surface area contributed by atoms with E-state index in [1.54, 1.807) is 7.11 Å². The molecule has 0 atom stereocenters. The largest absolute Gasteiger partial charge is 0.497 e. The Labute approximate surface area is 107 Å². The Kier molecular flexibility index (Phi) is 4.15. The Bertz CT molecular complexity index is 475. The number of aryl methyl sites for hydroxylation is 1. The van der Waals surface area contributed by atoms with Crippen LogP contribution in [-0.4, -0.2) is 24.6 Å². The maximum atomic E-state index is 12.1. The first-order chi connectivity index (χ1) is 8.76. The number of carbonyl (C=O) groups excluding carboxylic acids is 1. The molecule has 1 aliphatic rings. The van der Waals surface area contributed by atoms with Gasteiger partial charge in [0.2, 0.25) is 0 Å². The maximum Gasteiger partial charge on any atom is 0.163 e. The fourth-order valence-corrected chi connectivity index (χ4v) is 2.29. The highest BCUT2D eigenvalue weighted by molar-refractivity contribution is 6.21. The number of aliphatic hydroxyl groups is 1. The molecule has 0 amide bonds. The van der Waals surface area contributed by atoms with Crippen LogP contribution in [0.25, 0.3) is 5.57 Å². The van der Waals surface area contributed by atoms with Crippen molar-refractivity contribution in [1.29, 1.82) is 0 Å². The molecule has 1 N–H and O–H groups in total. The highest BCUT2D eigenvalue weighted by Crippen LogP contribution is 2.30. The van der Waals surface area contributed by atoms with Gasteiger partial charge >= 0.3 is 0 Å². The average molecular weight is 246 g/mol. The van der Waals surface area contributed by atoms with E-state index < -0.39 is 0 Å². The molecule has 3 nitrogen and oxygen atoms in total. The Hall–Kier alpha value is -1.61. The smallest absolute Gasteiger partial charge is 0.163 e. The van der Waals surface area contributed by atoms with Crippen molar-refractivity contribution in [2.75, 3.05) is 13.7 Å².